The number of aliphatic hydroxyl groups excluding tert-OH is 1. The Kier molecular flexibility index (Phi) is 6.54. The van der Waals surface area contributed by atoms with Crippen LogP contribution in [0.25, 0.3) is 5.57 Å². The van der Waals surface area contributed by atoms with Crippen LogP contribution in [0.15, 0.2) is 18.4 Å². The summed E-state index contributed by atoms with van der Waals surface area (Å²) in [5.41, 5.74) is 2.22. The van der Waals surface area contributed by atoms with Crippen LogP contribution >= 0.6 is 11.3 Å². The van der Waals surface area contributed by atoms with Gasteiger partial charge in [-0.1, -0.05) is 0 Å². The minimum atomic E-state index is -4.94. The molecule has 0 radical (unpaired) electrons. The standard InChI is InChI=1S/C10H12OS.ClHO4/c1-7-4-5-10(8(2)6-11)12-9(7)3;2-1(3,4)5/h4-6H,1-3H3;(H,2,3,4,5)/b8-6+;. The Bertz CT molecular complexity index is 394. The van der Waals surface area contributed by atoms with Gasteiger partial charge in [0.2, 0.25) is 21.1 Å². The molecule has 1 heterocycles. The first-order valence-corrected chi connectivity index (χ1v) is 6.53. The summed E-state index contributed by atoms with van der Waals surface area (Å²) in [6.45, 7) is 6.09. The molecule has 0 spiro atoms. The van der Waals surface area contributed by atoms with E-state index in [4.69, 9.17) is 23.7 Å². The summed E-state index contributed by atoms with van der Waals surface area (Å²) < 4.78 is 34.0. The zero-order chi connectivity index (χ0) is 13.6. The summed E-state index contributed by atoms with van der Waals surface area (Å²) >= 11 is 1.71. The van der Waals surface area contributed by atoms with Crippen LogP contribution in [0.3, 0.4) is 0 Å². The van der Waals surface area contributed by atoms with E-state index in [1.54, 1.807) is 11.3 Å². The molecule has 0 fully saturated rings. The van der Waals surface area contributed by atoms with Crippen LogP contribution in [-0.4, -0.2) is 5.11 Å². The van der Waals surface area contributed by atoms with Crippen LogP contribution in [-0.2, 0) is 0 Å². The van der Waals surface area contributed by atoms with Gasteiger partial charge in [0.05, 0.1) is 6.26 Å². The molecule has 0 bridgehead atoms. The predicted octanol–water partition coefficient (Wildman–Crippen LogP) is -1.19. The maximum absolute atomic E-state index is 8.79. The van der Waals surface area contributed by atoms with Crippen molar-refractivity contribution in [1.82, 2.24) is 0 Å². The number of aliphatic hydroxyl groups is 1. The molecule has 0 saturated heterocycles. The lowest BCUT2D eigenvalue weighted by atomic mass is 10.2. The molecule has 5 nitrogen and oxygen atoms in total. The molecular formula is C10H13ClO5S. The van der Waals surface area contributed by atoms with Gasteiger partial charge in [-0.05, 0) is 19.9 Å². The molecule has 96 valence electrons. The van der Waals surface area contributed by atoms with Crippen molar-refractivity contribution in [3.63, 3.8) is 0 Å². The smallest absolute Gasteiger partial charge is 0.237 e. The van der Waals surface area contributed by atoms with Crippen LogP contribution in [0, 0.1) is 24.1 Å². The minimum Gasteiger partial charge on any atom is -0.515 e. The van der Waals surface area contributed by atoms with Crippen LogP contribution in [0.1, 0.15) is 22.2 Å². The summed E-state index contributed by atoms with van der Waals surface area (Å²) in [5, 5.41) is 8.79. The fourth-order valence-corrected chi connectivity index (χ4v) is 1.78. The van der Waals surface area contributed by atoms with E-state index in [9.17, 15) is 0 Å². The Morgan fingerprint density at radius 1 is 1.24 bits per heavy atom. The van der Waals surface area contributed by atoms with Gasteiger partial charge in [0.25, 0.3) is 0 Å². The lowest BCUT2D eigenvalue weighted by Gasteiger charge is -2.17. The zero-order valence-electron chi connectivity index (χ0n) is 9.60. The highest BCUT2D eigenvalue weighted by Gasteiger charge is 2.12. The van der Waals surface area contributed by atoms with Gasteiger partial charge >= 0.3 is 0 Å². The van der Waals surface area contributed by atoms with Crippen molar-refractivity contribution in [1.29, 1.82) is 0 Å². The fourth-order valence-electron chi connectivity index (χ4n) is 0.873. The molecular weight excluding hydrogens is 268 g/mol. The molecule has 1 aromatic heterocycles. The number of rotatable bonds is 1. The third-order valence-electron chi connectivity index (χ3n) is 1.89. The van der Waals surface area contributed by atoms with Gasteiger partial charge in [-0.2, -0.15) is 0 Å². The summed E-state index contributed by atoms with van der Waals surface area (Å²) in [4.78, 5) is 2.43. The van der Waals surface area contributed by atoms with Crippen molar-refractivity contribution < 1.29 is 34.0 Å². The molecule has 0 aliphatic rings. The highest BCUT2D eigenvalue weighted by molar-refractivity contribution is 7.12. The Hall–Kier alpha value is -0.760. The molecule has 0 unspecified atom stereocenters. The van der Waals surface area contributed by atoms with E-state index in [0.717, 1.165) is 16.7 Å². The second-order valence-electron chi connectivity index (χ2n) is 3.23. The van der Waals surface area contributed by atoms with Crippen LogP contribution < -0.4 is 18.6 Å². The fraction of sp³-hybridized carbons (Fsp3) is 0.300. The lowest BCUT2D eigenvalue weighted by Crippen LogP contribution is -2.68. The van der Waals surface area contributed by atoms with E-state index in [2.05, 4.69) is 19.9 Å². The summed E-state index contributed by atoms with van der Waals surface area (Å²) in [7, 11) is -4.94. The summed E-state index contributed by atoms with van der Waals surface area (Å²) in [5.74, 6) is 0. The lowest BCUT2D eigenvalue weighted by molar-refractivity contribution is -2.00. The normalized spacial score (nSPS) is 11.8. The Morgan fingerprint density at radius 2 is 1.71 bits per heavy atom. The van der Waals surface area contributed by atoms with Crippen molar-refractivity contribution in [2.75, 3.05) is 0 Å². The van der Waals surface area contributed by atoms with E-state index in [0.29, 0.717) is 0 Å². The topological polar surface area (TPSA) is 112 Å². The van der Waals surface area contributed by atoms with Crippen LogP contribution in [0.5, 0.6) is 0 Å². The Morgan fingerprint density at radius 3 is 2.06 bits per heavy atom. The highest BCUT2D eigenvalue weighted by Crippen LogP contribution is 2.23. The number of hydrogen-bond acceptors (Lipinski definition) is 5. The number of halogens is 1. The molecule has 1 N–H and O–H groups in total. The Balaban J connectivity index is 0.000000437. The molecule has 1 rings (SSSR count). The quantitative estimate of drug-likeness (QED) is 0.513. The van der Waals surface area contributed by atoms with E-state index < -0.39 is 10.2 Å². The number of hydrogen-bond donors (Lipinski definition) is 1. The summed E-state index contributed by atoms with van der Waals surface area (Å²) in [6.07, 6.45) is 1.15. The molecule has 0 aliphatic carbocycles. The van der Waals surface area contributed by atoms with Gasteiger partial charge < -0.3 is 5.11 Å². The minimum absolute atomic E-state index is 0.920. The van der Waals surface area contributed by atoms with Crippen molar-refractivity contribution in [2.45, 2.75) is 20.8 Å². The largest absolute Gasteiger partial charge is 0.515 e. The average Bonchev–Trinajstić information content (AvgIpc) is 2.18. The highest BCUT2D eigenvalue weighted by atomic mass is 35.7. The van der Waals surface area contributed by atoms with E-state index in [1.165, 1.54) is 10.4 Å². The number of allylic oxidation sites excluding steroid dienone is 1. The molecule has 0 aromatic carbocycles. The van der Waals surface area contributed by atoms with E-state index >= 15 is 0 Å². The summed E-state index contributed by atoms with van der Waals surface area (Å²) in [6, 6.07) is 4.11. The van der Waals surface area contributed by atoms with Gasteiger partial charge in [0, 0.05) is 24.1 Å². The second-order valence-corrected chi connectivity index (χ2v) is 5.24. The van der Waals surface area contributed by atoms with Gasteiger partial charge in [-0.15, -0.1) is 10.2 Å². The molecule has 0 atom stereocenters. The van der Waals surface area contributed by atoms with Crippen molar-refractivity contribution in [3.8, 4) is 0 Å². The Labute approximate surface area is 106 Å². The SMILES string of the molecule is C/C(=C\O)c1ccc(C)c(C)[s+]1.[O-][Cl+3]([O-])([O-])[O-]. The van der Waals surface area contributed by atoms with Gasteiger partial charge in [-0.3, -0.25) is 0 Å². The first-order valence-electron chi connectivity index (χ1n) is 4.48. The van der Waals surface area contributed by atoms with Gasteiger partial charge in [-0.25, -0.2) is 18.6 Å². The van der Waals surface area contributed by atoms with E-state index in [-0.39, 0.29) is 0 Å². The van der Waals surface area contributed by atoms with Crippen molar-refractivity contribution in [2.24, 2.45) is 0 Å². The molecule has 17 heavy (non-hydrogen) atoms. The van der Waals surface area contributed by atoms with Gasteiger partial charge in [0.1, 0.15) is 0 Å². The molecule has 0 saturated carbocycles. The van der Waals surface area contributed by atoms with Crippen molar-refractivity contribution in [3.05, 3.63) is 33.7 Å². The molecule has 1 aromatic rings. The maximum Gasteiger partial charge on any atom is 0.237 e. The first-order chi connectivity index (χ1) is 7.65. The van der Waals surface area contributed by atoms with E-state index in [1.807, 2.05) is 13.0 Å². The third-order valence-corrected chi connectivity index (χ3v) is 3.19. The molecule has 7 heteroatoms. The first kappa shape index (κ1) is 16.2. The monoisotopic (exact) mass is 280 g/mol. The molecule has 0 amide bonds. The predicted molar refractivity (Wildman–Crippen MR) is 54.5 cm³/mol. The third kappa shape index (κ3) is 8.03. The molecule has 0 aliphatic heterocycles. The maximum atomic E-state index is 8.79. The second kappa shape index (κ2) is 6.85. The van der Waals surface area contributed by atoms with Crippen molar-refractivity contribution >= 4 is 16.9 Å². The van der Waals surface area contributed by atoms with Crippen LogP contribution in [0.2, 0.25) is 0 Å². The number of aryl methyl sites for hydroxylation is 2. The van der Waals surface area contributed by atoms with Crippen LogP contribution in [0.4, 0.5) is 0 Å². The average molecular weight is 281 g/mol. The van der Waals surface area contributed by atoms with Gasteiger partial charge in [0.15, 0.2) is 0 Å². The zero-order valence-corrected chi connectivity index (χ0v) is 11.2.